The summed E-state index contributed by atoms with van der Waals surface area (Å²) in [5, 5.41) is 0.759. The van der Waals surface area contributed by atoms with E-state index < -0.39 is 16.0 Å². The third-order valence-electron chi connectivity index (χ3n) is 3.41. The zero-order chi connectivity index (χ0) is 12.0. The molecule has 1 heterocycles. The van der Waals surface area contributed by atoms with E-state index in [0.717, 1.165) is 24.6 Å². The molecule has 0 radical (unpaired) electrons. The van der Waals surface area contributed by atoms with Crippen molar-refractivity contribution in [1.82, 2.24) is 0 Å². The molecular weight excluding hydrogens is 264 g/mol. The minimum atomic E-state index is -4.13. The van der Waals surface area contributed by atoms with E-state index in [1.807, 2.05) is 0 Å². The van der Waals surface area contributed by atoms with Crippen LogP contribution in [0, 0.1) is 0 Å². The lowest BCUT2D eigenvalue weighted by Crippen LogP contribution is -3.00. The summed E-state index contributed by atoms with van der Waals surface area (Å²) >= 11 is 0. The zero-order valence-electron chi connectivity index (χ0n) is 9.51. The topological polar surface area (TPSA) is 0 Å². The molecule has 0 aliphatic heterocycles. The van der Waals surface area contributed by atoms with E-state index in [2.05, 4.69) is 0 Å². The average molecular weight is 276 g/mol. The van der Waals surface area contributed by atoms with E-state index in [-0.39, 0.29) is 10.6 Å². The standard InChI is InChI=1S/C13H12F3S.FH/c14-13(15,16)17-11-7-2-1-4-10(11)8-12(17)9-5-3-6-9;/h1-2,4,7-9H,3,5-6H2;1H/q+1;/p-1. The molecule has 1 fully saturated rings. The molecule has 0 N–H and O–H groups in total. The van der Waals surface area contributed by atoms with E-state index in [1.165, 1.54) is 0 Å². The van der Waals surface area contributed by atoms with E-state index in [9.17, 15) is 13.2 Å². The van der Waals surface area contributed by atoms with Crippen LogP contribution in [0.2, 0.25) is 0 Å². The van der Waals surface area contributed by atoms with Crippen LogP contribution < -0.4 is 4.70 Å². The quantitative estimate of drug-likeness (QED) is 0.554. The molecule has 0 nitrogen and oxygen atoms in total. The van der Waals surface area contributed by atoms with Crippen molar-refractivity contribution in [3.63, 3.8) is 0 Å². The van der Waals surface area contributed by atoms with Gasteiger partial charge in [-0.25, -0.2) is 0 Å². The Labute approximate surface area is 105 Å². The van der Waals surface area contributed by atoms with Crippen molar-refractivity contribution >= 4 is 20.6 Å². The van der Waals surface area contributed by atoms with Gasteiger partial charge in [0.05, 0.1) is 10.5 Å². The zero-order valence-corrected chi connectivity index (χ0v) is 10.3. The molecule has 1 atom stereocenters. The Morgan fingerprint density at radius 2 is 1.78 bits per heavy atom. The van der Waals surface area contributed by atoms with Crippen LogP contribution in [-0.4, -0.2) is 0 Å². The average Bonchev–Trinajstić information content (AvgIpc) is 2.52. The number of hydrogen-bond acceptors (Lipinski definition) is 0. The highest BCUT2D eigenvalue weighted by Gasteiger charge is 2.49. The lowest BCUT2D eigenvalue weighted by molar-refractivity contribution is -0.0868. The van der Waals surface area contributed by atoms with Gasteiger partial charge in [0.25, 0.3) is 0 Å². The fourth-order valence-corrected chi connectivity index (χ4v) is 4.52. The molecule has 5 heteroatoms. The van der Waals surface area contributed by atoms with Crippen molar-refractivity contribution in [2.24, 2.45) is 0 Å². The van der Waals surface area contributed by atoms with Crippen molar-refractivity contribution in [1.29, 1.82) is 0 Å². The van der Waals surface area contributed by atoms with Crippen molar-refractivity contribution in [3.05, 3.63) is 35.2 Å². The van der Waals surface area contributed by atoms with Crippen LogP contribution in [0.1, 0.15) is 30.1 Å². The fourth-order valence-electron chi connectivity index (χ4n) is 2.36. The van der Waals surface area contributed by atoms with E-state index in [0.29, 0.717) is 9.58 Å². The number of fused-ring (bicyclic) bond motifs is 1. The van der Waals surface area contributed by atoms with Crippen molar-refractivity contribution in [2.75, 3.05) is 0 Å². The van der Waals surface area contributed by atoms with Crippen LogP contribution in [0.5, 0.6) is 0 Å². The third-order valence-corrected chi connectivity index (χ3v) is 5.61. The summed E-state index contributed by atoms with van der Waals surface area (Å²) in [5.41, 5.74) is -4.13. The molecule has 1 saturated carbocycles. The van der Waals surface area contributed by atoms with Gasteiger partial charge in [0.1, 0.15) is 0 Å². The fraction of sp³-hybridized carbons (Fsp3) is 0.385. The minimum Gasteiger partial charge on any atom is -1.00 e. The molecule has 1 aromatic heterocycles. The summed E-state index contributed by atoms with van der Waals surface area (Å²) in [6.07, 6.45) is 2.90. The normalized spacial score (nSPS) is 17.4. The highest BCUT2D eigenvalue weighted by Crippen LogP contribution is 2.55. The predicted molar refractivity (Wildman–Crippen MR) is 64.3 cm³/mol. The first kappa shape index (κ1) is 13.3. The third kappa shape index (κ3) is 2.00. The molecule has 1 aliphatic rings. The van der Waals surface area contributed by atoms with Crippen molar-refractivity contribution in [2.45, 2.75) is 30.7 Å². The number of hydrogen-bond donors (Lipinski definition) is 0. The maximum absolute atomic E-state index is 13.2. The summed E-state index contributed by atoms with van der Waals surface area (Å²) in [6, 6.07) is 8.68. The maximum atomic E-state index is 13.2. The lowest BCUT2D eigenvalue weighted by Gasteiger charge is -2.21. The Bertz CT molecular complexity index is 552. The van der Waals surface area contributed by atoms with Gasteiger partial charge in [-0.2, -0.15) is 0 Å². The monoisotopic (exact) mass is 276 g/mol. The Hall–Kier alpha value is -1.10. The van der Waals surface area contributed by atoms with E-state index >= 15 is 0 Å². The van der Waals surface area contributed by atoms with Crippen LogP contribution in [0.4, 0.5) is 13.2 Å². The number of benzene rings is 1. The second-order valence-corrected chi connectivity index (χ2v) is 6.45. The molecular formula is C13H12F4S. The van der Waals surface area contributed by atoms with E-state index in [1.54, 1.807) is 30.3 Å². The number of thiophene rings is 1. The molecule has 98 valence electrons. The smallest absolute Gasteiger partial charge is 0.600 e. The SMILES string of the molecule is FC(F)(F)[s+]1c(C2CCC2)cc2ccccc21.[F-]. The molecule has 0 amide bonds. The first-order valence-electron chi connectivity index (χ1n) is 5.69. The second-order valence-electron chi connectivity index (χ2n) is 4.46. The summed E-state index contributed by atoms with van der Waals surface area (Å²) in [7, 11) is -1.67. The Balaban J connectivity index is 0.00000120. The van der Waals surface area contributed by atoms with Gasteiger partial charge in [0, 0.05) is 17.4 Å². The second kappa shape index (κ2) is 4.53. The highest BCUT2D eigenvalue weighted by molar-refractivity contribution is 7.38. The predicted octanol–water partition coefficient (Wildman–Crippen LogP) is 2.34. The molecule has 1 aliphatic carbocycles. The van der Waals surface area contributed by atoms with Crippen molar-refractivity contribution in [3.8, 4) is 0 Å². The summed E-state index contributed by atoms with van der Waals surface area (Å²) in [6.45, 7) is 0. The Morgan fingerprint density at radius 3 is 2.33 bits per heavy atom. The number of alkyl halides is 3. The molecule has 3 rings (SSSR count). The van der Waals surface area contributed by atoms with Crippen LogP contribution in [0.15, 0.2) is 30.3 Å². The van der Waals surface area contributed by atoms with E-state index in [4.69, 9.17) is 0 Å². The van der Waals surface area contributed by atoms with Gasteiger partial charge in [-0.3, -0.25) is 0 Å². The van der Waals surface area contributed by atoms with Gasteiger partial charge < -0.3 is 4.70 Å². The molecule has 1 aromatic carbocycles. The minimum absolute atomic E-state index is 0. The molecule has 0 spiro atoms. The lowest BCUT2D eigenvalue weighted by atomic mass is 9.84. The largest absolute Gasteiger partial charge is 1.00 e. The Kier molecular flexibility index (Phi) is 3.36. The van der Waals surface area contributed by atoms with Crippen LogP contribution in [-0.2, 0) is 5.51 Å². The van der Waals surface area contributed by atoms with Gasteiger partial charge >= 0.3 is 5.51 Å². The van der Waals surface area contributed by atoms with Gasteiger partial charge in [-0.05, 0) is 25.0 Å². The first-order chi connectivity index (χ1) is 8.07. The van der Waals surface area contributed by atoms with Crippen molar-refractivity contribution < 1.29 is 17.9 Å². The van der Waals surface area contributed by atoms with Crippen LogP contribution in [0.25, 0.3) is 10.1 Å². The molecule has 2 aromatic rings. The highest BCUT2D eigenvalue weighted by atomic mass is 32.2. The summed E-state index contributed by atoms with van der Waals surface area (Å²) in [5.74, 6) is 0.160. The molecule has 1 unspecified atom stereocenters. The summed E-state index contributed by atoms with van der Waals surface area (Å²) in [4.78, 5) is 0.616. The number of halogens is 4. The first-order valence-corrected chi connectivity index (χ1v) is 6.91. The number of rotatable bonds is 1. The Morgan fingerprint density at radius 1 is 1.11 bits per heavy atom. The maximum Gasteiger partial charge on any atom is 0.600 e. The molecule has 18 heavy (non-hydrogen) atoms. The summed E-state index contributed by atoms with van der Waals surface area (Å²) < 4.78 is 40.0. The van der Waals surface area contributed by atoms with Gasteiger partial charge in [0.15, 0.2) is 9.58 Å². The van der Waals surface area contributed by atoms with Gasteiger partial charge in [0.2, 0.25) is 0 Å². The van der Waals surface area contributed by atoms with Crippen LogP contribution >= 0.6 is 10.5 Å². The molecule has 0 saturated heterocycles. The van der Waals surface area contributed by atoms with Crippen LogP contribution in [0.3, 0.4) is 0 Å². The van der Waals surface area contributed by atoms with Gasteiger partial charge in [-0.1, -0.05) is 18.6 Å². The molecule has 0 bridgehead atoms. The van der Waals surface area contributed by atoms with Gasteiger partial charge in [-0.15, -0.1) is 13.2 Å².